The second kappa shape index (κ2) is 5.38. The largest absolute Gasteiger partial charge is 0.496 e. The normalized spacial score (nSPS) is 20.7. The number of aliphatic hydroxyl groups excluding tert-OH is 1. The lowest BCUT2D eigenvalue weighted by Crippen LogP contribution is -2.31. The zero-order valence-corrected chi connectivity index (χ0v) is 10.2. The van der Waals surface area contributed by atoms with Crippen molar-refractivity contribution in [2.45, 2.75) is 25.3 Å². The van der Waals surface area contributed by atoms with Gasteiger partial charge in [0.15, 0.2) is 0 Å². The maximum atomic E-state index is 9.27. The highest BCUT2D eigenvalue weighted by atomic mass is 16.5. The summed E-state index contributed by atoms with van der Waals surface area (Å²) < 4.78 is 5.34. The molecule has 4 heteroatoms. The molecule has 1 heterocycles. The maximum Gasteiger partial charge on any atom is 0.122 e. The molecule has 2 rings (SSSR count). The molecule has 4 nitrogen and oxygen atoms in total. The Morgan fingerprint density at radius 3 is 3.06 bits per heavy atom. The first kappa shape index (κ1) is 12.2. The fourth-order valence-electron chi connectivity index (χ4n) is 2.52. The number of ether oxygens (including phenoxy) is 1. The van der Waals surface area contributed by atoms with Crippen LogP contribution < -0.4 is 10.5 Å². The van der Waals surface area contributed by atoms with Crippen LogP contribution in [-0.4, -0.2) is 36.4 Å². The molecule has 1 aliphatic heterocycles. The third-order valence-electron chi connectivity index (χ3n) is 3.44. The number of aliphatic hydroxyl groups is 1. The molecular weight excluding hydrogens is 216 g/mol. The minimum absolute atomic E-state index is 0.134. The lowest BCUT2D eigenvalue weighted by Gasteiger charge is -2.22. The van der Waals surface area contributed by atoms with E-state index < -0.39 is 0 Å². The SMILES string of the molecule is COc1ccc(N)cc1C[C@H]1CCCN1CO. The predicted molar refractivity (Wildman–Crippen MR) is 67.9 cm³/mol. The number of anilines is 1. The van der Waals surface area contributed by atoms with Gasteiger partial charge in [0.05, 0.1) is 13.8 Å². The first-order valence-electron chi connectivity index (χ1n) is 6.02. The Balaban J connectivity index is 2.14. The van der Waals surface area contributed by atoms with Crippen LogP contribution in [0.4, 0.5) is 5.69 Å². The smallest absolute Gasteiger partial charge is 0.122 e. The molecular formula is C13H20N2O2. The van der Waals surface area contributed by atoms with E-state index in [4.69, 9.17) is 10.5 Å². The van der Waals surface area contributed by atoms with Crippen molar-refractivity contribution in [1.29, 1.82) is 0 Å². The fraction of sp³-hybridized carbons (Fsp3) is 0.538. The van der Waals surface area contributed by atoms with Gasteiger partial charge in [-0.2, -0.15) is 0 Å². The van der Waals surface area contributed by atoms with Gasteiger partial charge in [-0.3, -0.25) is 4.90 Å². The molecule has 0 unspecified atom stereocenters. The Morgan fingerprint density at radius 2 is 2.35 bits per heavy atom. The molecule has 0 saturated carbocycles. The molecule has 1 aromatic rings. The minimum Gasteiger partial charge on any atom is -0.496 e. The number of nitrogen functional groups attached to an aromatic ring is 1. The van der Waals surface area contributed by atoms with E-state index >= 15 is 0 Å². The fourth-order valence-corrected chi connectivity index (χ4v) is 2.52. The van der Waals surface area contributed by atoms with Crippen LogP contribution in [0.3, 0.4) is 0 Å². The van der Waals surface area contributed by atoms with E-state index in [-0.39, 0.29) is 6.73 Å². The van der Waals surface area contributed by atoms with Gasteiger partial charge in [0.1, 0.15) is 5.75 Å². The molecule has 0 aliphatic carbocycles. The quantitative estimate of drug-likeness (QED) is 0.772. The van der Waals surface area contributed by atoms with E-state index in [0.717, 1.165) is 42.8 Å². The van der Waals surface area contributed by atoms with Crippen LogP contribution in [0.5, 0.6) is 5.75 Å². The van der Waals surface area contributed by atoms with Gasteiger partial charge in [-0.05, 0) is 43.0 Å². The number of likely N-dealkylation sites (tertiary alicyclic amines) is 1. The van der Waals surface area contributed by atoms with Gasteiger partial charge in [0.2, 0.25) is 0 Å². The first-order valence-corrected chi connectivity index (χ1v) is 6.02. The van der Waals surface area contributed by atoms with E-state index in [1.165, 1.54) is 0 Å². The standard InChI is InChI=1S/C13H20N2O2/c1-17-13-5-4-11(14)7-10(13)8-12-3-2-6-15(12)9-16/h4-5,7,12,16H,2-3,6,8-9,14H2,1H3/t12-/m1/s1. The van der Waals surface area contributed by atoms with Gasteiger partial charge in [0.25, 0.3) is 0 Å². The van der Waals surface area contributed by atoms with E-state index in [2.05, 4.69) is 4.90 Å². The van der Waals surface area contributed by atoms with Gasteiger partial charge in [-0.1, -0.05) is 0 Å². The van der Waals surface area contributed by atoms with Crippen molar-refractivity contribution in [1.82, 2.24) is 4.90 Å². The summed E-state index contributed by atoms with van der Waals surface area (Å²) >= 11 is 0. The molecule has 17 heavy (non-hydrogen) atoms. The Morgan fingerprint density at radius 1 is 1.53 bits per heavy atom. The first-order chi connectivity index (χ1) is 8.24. The van der Waals surface area contributed by atoms with E-state index in [1.54, 1.807) is 7.11 Å². The summed E-state index contributed by atoms with van der Waals surface area (Å²) in [5.41, 5.74) is 7.69. The van der Waals surface area contributed by atoms with Crippen LogP contribution in [-0.2, 0) is 6.42 Å². The average molecular weight is 236 g/mol. The number of hydrogen-bond acceptors (Lipinski definition) is 4. The number of rotatable bonds is 4. The van der Waals surface area contributed by atoms with Crippen molar-refractivity contribution in [3.63, 3.8) is 0 Å². The highest BCUT2D eigenvalue weighted by Gasteiger charge is 2.24. The van der Waals surface area contributed by atoms with Crippen molar-refractivity contribution >= 4 is 5.69 Å². The summed E-state index contributed by atoms with van der Waals surface area (Å²) in [7, 11) is 1.67. The van der Waals surface area contributed by atoms with Crippen molar-refractivity contribution in [3.8, 4) is 5.75 Å². The molecule has 0 spiro atoms. The summed E-state index contributed by atoms with van der Waals surface area (Å²) in [5.74, 6) is 0.879. The van der Waals surface area contributed by atoms with Crippen LogP contribution in [0, 0.1) is 0 Å². The summed E-state index contributed by atoms with van der Waals surface area (Å²) in [5, 5.41) is 9.27. The molecule has 1 atom stereocenters. The van der Waals surface area contributed by atoms with Crippen LogP contribution in [0.25, 0.3) is 0 Å². The molecule has 1 aromatic carbocycles. The van der Waals surface area contributed by atoms with E-state index in [0.29, 0.717) is 6.04 Å². The Kier molecular flexibility index (Phi) is 3.86. The summed E-state index contributed by atoms with van der Waals surface area (Å²) in [6.07, 6.45) is 3.16. The molecule has 3 N–H and O–H groups in total. The van der Waals surface area contributed by atoms with E-state index in [1.807, 2.05) is 18.2 Å². The lowest BCUT2D eigenvalue weighted by molar-refractivity contribution is 0.0960. The third-order valence-corrected chi connectivity index (χ3v) is 3.44. The minimum atomic E-state index is 0.134. The average Bonchev–Trinajstić information content (AvgIpc) is 2.77. The van der Waals surface area contributed by atoms with Gasteiger partial charge >= 0.3 is 0 Å². The Hall–Kier alpha value is -1.26. The zero-order valence-electron chi connectivity index (χ0n) is 10.2. The number of methoxy groups -OCH3 is 1. The Bertz CT molecular complexity index is 382. The number of nitrogens with zero attached hydrogens (tertiary/aromatic N) is 1. The topological polar surface area (TPSA) is 58.7 Å². The number of nitrogens with two attached hydrogens (primary N) is 1. The predicted octanol–water partition coefficient (Wildman–Crippen LogP) is 1.23. The summed E-state index contributed by atoms with van der Waals surface area (Å²) in [6, 6.07) is 6.12. The lowest BCUT2D eigenvalue weighted by atomic mass is 10.0. The van der Waals surface area contributed by atoms with E-state index in [9.17, 15) is 5.11 Å². The second-order valence-corrected chi connectivity index (χ2v) is 4.53. The van der Waals surface area contributed by atoms with Gasteiger partial charge in [0, 0.05) is 18.3 Å². The van der Waals surface area contributed by atoms with Crippen molar-refractivity contribution in [3.05, 3.63) is 23.8 Å². The molecule has 0 aromatic heterocycles. The monoisotopic (exact) mass is 236 g/mol. The highest BCUT2D eigenvalue weighted by Crippen LogP contribution is 2.27. The molecule has 1 saturated heterocycles. The van der Waals surface area contributed by atoms with Gasteiger partial charge in [-0.25, -0.2) is 0 Å². The van der Waals surface area contributed by atoms with Crippen LogP contribution in [0.15, 0.2) is 18.2 Å². The van der Waals surface area contributed by atoms with Gasteiger partial charge in [-0.15, -0.1) is 0 Å². The maximum absolute atomic E-state index is 9.27. The van der Waals surface area contributed by atoms with Crippen molar-refractivity contribution < 1.29 is 9.84 Å². The molecule has 1 aliphatic rings. The molecule has 94 valence electrons. The molecule has 1 fully saturated rings. The van der Waals surface area contributed by atoms with Crippen LogP contribution >= 0.6 is 0 Å². The molecule has 0 bridgehead atoms. The van der Waals surface area contributed by atoms with Crippen molar-refractivity contribution in [2.24, 2.45) is 0 Å². The second-order valence-electron chi connectivity index (χ2n) is 4.53. The Labute approximate surface area is 102 Å². The van der Waals surface area contributed by atoms with Crippen molar-refractivity contribution in [2.75, 3.05) is 26.1 Å². The van der Waals surface area contributed by atoms with Gasteiger partial charge < -0.3 is 15.6 Å². The summed E-state index contributed by atoms with van der Waals surface area (Å²) in [6.45, 7) is 1.11. The molecule has 0 amide bonds. The van der Waals surface area contributed by atoms with Crippen LogP contribution in [0.2, 0.25) is 0 Å². The summed E-state index contributed by atoms with van der Waals surface area (Å²) in [4.78, 5) is 2.10. The van der Waals surface area contributed by atoms with Crippen LogP contribution in [0.1, 0.15) is 18.4 Å². The molecule has 0 radical (unpaired) electrons. The number of benzene rings is 1. The third kappa shape index (κ3) is 2.70. The highest BCUT2D eigenvalue weighted by molar-refractivity contribution is 5.48. The number of hydrogen-bond donors (Lipinski definition) is 2. The zero-order chi connectivity index (χ0) is 12.3.